The first-order chi connectivity index (χ1) is 7.06. The first-order valence-electron chi connectivity index (χ1n) is 4.86. The third kappa shape index (κ3) is 2.89. The van der Waals surface area contributed by atoms with Gasteiger partial charge >= 0.3 is 0 Å². The maximum absolute atomic E-state index is 13.3. The Balaban J connectivity index is 3.09. The SMILES string of the molecule is CCCOc1c(F)cc(F)cc1C(C)O. The van der Waals surface area contributed by atoms with Crippen molar-refractivity contribution in [3.63, 3.8) is 0 Å². The molecule has 1 aromatic carbocycles. The summed E-state index contributed by atoms with van der Waals surface area (Å²) in [4.78, 5) is 0. The molecule has 2 nitrogen and oxygen atoms in total. The van der Waals surface area contributed by atoms with Gasteiger partial charge in [0.05, 0.1) is 12.7 Å². The van der Waals surface area contributed by atoms with Crippen molar-refractivity contribution in [1.82, 2.24) is 0 Å². The molecular weight excluding hydrogens is 202 g/mol. The van der Waals surface area contributed by atoms with Crippen LogP contribution in [0.2, 0.25) is 0 Å². The zero-order valence-corrected chi connectivity index (χ0v) is 8.76. The molecule has 0 heterocycles. The molecule has 1 unspecified atom stereocenters. The van der Waals surface area contributed by atoms with Crippen LogP contribution in [0.4, 0.5) is 8.78 Å². The third-order valence-electron chi connectivity index (χ3n) is 1.94. The van der Waals surface area contributed by atoms with E-state index in [1.54, 1.807) is 0 Å². The number of ether oxygens (including phenoxy) is 1. The summed E-state index contributed by atoms with van der Waals surface area (Å²) in [6.45, 7) is 3.65. The van der Waals surface area contributed by atoms with Gasteiger partial charge in [-0.15, -0.1) is 0 Å². The molecule has 0 saturated heterocycles. The first kappa shape index (κ1) is 11.9. The number of rotatable bonds is 4. The highest BCUT2D eigenvalue weighted by Crippen LogP contribution is 2.29. The molecule has 4 heteroatoms. The van der Waals surface area contributed by atoms with Crippen LogP contribution in [0.25, 0.3) is 0 Å². The maximum Gasteiger partial charge on any atom is 0.168 e. The Hall–Kier alpha value is -1.16. The molecule has 15 heavy (non-hydrogen) atoms. The van der Waals surface area contributed by atoms with E-state index in [4.69, 9.17) is 4.74 Å². The lowest BCUT2D eigenvalue weighted by Crippen LogP contribution is -2.04. The largest absolute Gasteiger partial charge is 0.490 e. The van der Waals surface area contributed by atoms with Crippen molar-refractivity contribution in [3.8, 4) is 5.75 Å². The summed E-state index contributed by atoms with van der Waals surface area (Å²) in [6, 6.07) is 1.83. The molecule has 84 valence electrons. The normalized spacial score (nSPS) is 12.6. The van der Waals surface area contributed by atoms with Crippen molar-refractivity contribution in [1.29, 1.82) is 0 Å². The van der Waals surface area contributed by atoms with Crippen molar-refractivity contribution >= 4 is 0 Å². The molecule has 0 radical (unpaired) electrons. The van der Waals surface area contributed by atoms with E-state index in [1.807, 2.05) is 6.92 Å². The van der Waals surface area contributed by atoms with E-state index in [0.29, 0.717) is 6.61 Å². The molecular formula is C11H14F2O2. The molecule has 0 fully saturated rings. The lowest BCUT2D eigenvalue weighted by molar-refractivity contribution is 0.188. The highest BCUT2D eigenvalue weighted by atomic mass is 19.1. The lowest BCUT2D eigenvalue weighted by Gasteiger charge is -2.13. The molecule has 0 aliphatic heterocycles. The van der Waals surface area contributed by atoms with E-state index in [1.165, 1.54) is 6.92 Å². The highest BCUT2D eigenvalue weighted by molar-refractivity contribution is 5.37. The summed E-state index contributed by atoms with van der Waals surface area (Å²) in [5.74, 6) is -1.56. The van der Waals surface area contributed by atoms with Gasteiger partial charge in [0, 0.05) is 11.6 Å². The zero-order valence-electron chi connectivity index (χ0n) is 8.76. The number of halogens is 2. The predicted octanol–water partition coefficient (Wildman–Crippen LogP) is 2.81. The summed E-state index contributed by atoms with van der Waals surface area (Å²) in [5.41, 5.74) is 0.140. The van der Waals surface area contributed by atoms with Crippen molar-refractivity contribution < 1.29 is 18.6 Å². The molecule has 1 atom stereocenters. The van der Waals surface area contributed by atoms with Crippen LogP contribution in [0.5, 0.6) is 5.75 Å². The minimum absolute atomic E-state index is 0.0618. The molecule has 1 aromatic rings. The van der Waals surface area contributed by atoms with E-state index in [2.05, 4.69) is 0 Å². The maximum atomic E-state index is 13.3. The number of hydrogen-bond donors (Lipinski definition) is 1. The van der Waals surface area contributed by atoms with E-state index in [0.717, 1.165) is 18.6 Å². The predicted molar refractivity (Wildman–Crippen MR) is 52.8 cm³/mol. The van der Waals surface area contributed by atoms with Gasteiger partial charge in [-0.05, 0) is 19.4 Å². The van der Waals surface area contributed by atoms with Gasteiger partial charge in [-0.3, -0.25) is 0 Å². The molecule has 0 spiro atoms. The van der Waals surface area contributed by atoms with Gasteiger partial charge in [0.1, 0.15) is 5.82 Å². The van der Waals surface area contributed by atoms with Crippen LogP contribution >= 0.6 is 0 Å². The smallest absolute Gasteiger partial charge is 0.168 e. The Labute approximate surface area is 87.5 Å². The molecule has 0 amide bonds. The molecule has 0 saturated carbocycles. The van der Waals surface area contributed by atoms with Crippen molar-refractivity contribution in [3.05, 3.63) is 29.3 Å². The first-order valence-corrected chi connectivity index (χ1v) is 4.86. The summed E-state index contributed by atoms with van der Waals surface area (Å²) >= 11 is 0. The van der Waals surface area contributed by atoms with Gasteiger partial charge in [0.2, 0.25) is 0 Å². The van der Waals surface area contributed by atoms with Gasteiger partial charge in [-0.25, -0.2) is 8.78 Å². The fourth-order valence-corrected chi connectivity index (χ4v) is 1.25. The Morgan fingerprint density at radius 3 is 2.60 bits per heavy atom. The molecule has 0 aliphatic carbocycles. The fourth-order valence-electron chi connectivity index (χ4n) is 1.25. The van der Waals surface area contributed by atoms with Crippen LogP contribution in [-0.4, -0.2) is 11.7 Å². The van der Waals surface area contributed by atoms with Crippen LogP contribution in [0.3, 0.4) is 0 Å². The monoisotopic (exact) mass is 216 g/mol. The Morgan fingerprint density at radius 2 is 2.07 bits per heavy atom. The zero-order chi connectivity index (χ0) is 11.4. The van der Waals surface area contributed by atoms with Crippen LogP contribution in [0.15, 0.2) is 12.1 Å². The van der Waals surface area contributed by atoms with Crippen molar-refractivity contribution in [2.75, 3.05) is 6.61 Å². The molecule has 1 rings (SSSR count). The van der Waals surface area contributed by atoms with Gasteiger partial charge in [0.15, 0.2) is 11.6 Å². The molecule has 0 aliphatic rings. The van der Waals surface area contributed by atoms with E-state index >= 15 is 0 Å². The number of hydrogen-bond acceptors (Lipinski definition) is 2. The summed E-state index contributed by atoms with van der Waals surface area (Å²) in [7, 11) is 0. The summed E-state index contributed by atoms with van der Waals surface area (Å²) in [5, 5.41) is 9.34. The number of benzene rings is 1. The second kappa shape index (κ2) is 5.07. The number of aliphatic hydroxyl groups is 1. The molecule has 0 aromatic heterocycles. The second-order valence-corrected chi connectivity index (χ2v) is 3.33. The minimum atomic E-state index is -0.956. The van der Waals surface area contributed by atoms with Gasteiger partial charge in [-0.2, -0.15) is 0 Å². The Kier molecular flexibility index (Phi) is 4.03. The van der Waals surface area contributed by atoms with Gasteiger partial charge < -0.3 is 9.84 Å². The quantitative estimate of drug-likeness (QED) is 0.838. The third-order valence-corrected chi connectivity index (χ3v) is 1.94. The van der Waals surface area contributed by atoms with E-state index < -0.39 is 17.7 Å². The highest BCUT2D eigenvalue weighted by Gasteiger charge is 2.16. The topological polar surface area (TPSA) is 29.5 Å². The summed E-state index contributed by atoms with van der Waals surface area (Å²) < 4.78 is 31.3. The van der Waals surface area contributed by atoms with Crippen LogP contribution in [0, 0.1) is 11.6 Å². The average molecular weight is 216 g/mol. The van der Waals surface area contributed by atoms with Gasteiger partial charge in [0.25, 0.3) is 0 Å². The standard InChI is InChI=1S/C11H14F2O2/c1-3-4-15-11-9(7(2)14)5-8(12)6-10(11)13/h5-7,14H,3-4H2,1-2H3. The van der Waals surface area contributed by atoms with Crippen molar-refractivity contribution in [2.45, 2.75) is 26.4 Å². The van der Waals surface area contributed by atoms with Gasteiger partial charge in [-0.1, -0.05) is 6.92 Å². The minimum Gasteiger partial charge on any atom is -0.490 e. The second-order valence-electron chi connectivity index (χ2n) is 3.33. The summed E-state index contributed by atoms with van der Waals surface area (Å²) in [6.07, 6.45) is -0.238. The van der Waals surface area contributed by atoms with Crippen LogP contribution in [0.1, 0.15) is 31.9 Å². The molecule has 0 bridgehead atoms. The Morgan fingerprint density at radius 1 is 1.40 bits per heavy atom. The van der Waals surface area contributed by atoms with Crippen molar-refractivity contribution in [2.24, 2.45) is 0 Å². The lowest BCUT2D eigenvalue weighted by atomic mass is 10.1. The van der Waals surface area contributed by atoms with Crippen LogP contribution in [-0.2, 0) is 0 Å². The molecule has 1 N–H and O–H groups in total. The Bertz CT molecular complexity index is 338. The number of aliphatic hydroxyl groups excluding tert-OH is 1. The average Bonchev–Trinajstić information content (AvgIpc) is 2.15. The van der Waals surface area contributed by atoms with E-state index in [9.17, 15) is 13.9 Å². The fraction of sp³-hybridized carbons (Fsp3) is 0.455. The van der Waals surface area contributed by atoms with E-state index in [-0.39, 0.29) is 11.3 Å². The van der Waals surface area contributed by atoms with Crippen LogP contribution < -0.4 is 4.74 Å².